The van der Waals surface area contributed by atoms with Crippen LogP contribution in [0.25, 0.3) is 17.0 Å². The van der Waals surface area contributed by atoms with Crippen LogP contribution in [0.3, 0.4) is 0 Å². The standard InChI is InChI=1S/C24H30FN5O5/c1-34-12-11-30-16-26-22(27-30)19-4-3-18(13-20(19)25)17-5-8-29(9-6-17)21(31)14-28-10-7-24(15-28,35-2)23(32)33/h3-5,13,16H,6-12,14-15H2,1-2H3,(H,32,33). The minimum Gasteiger partial charge on any atom is -0.479 e. The molecule has 1 amide bonds. The van der Waals surface area contributed by atoms with Gasteiger partial charge < -0.3 is 19.5 Å². The largest absolute Gasteiger partial charge is 0.479 e. The van der Waals surface area contributed by atoms with Gasteiger partial charge in [0.2, 0.25) is 5.91 Å². The highest BCUT2D eigenvalue weighted by Crippen LogP contribution is 2.28. The summed E-state index contributed by atoms with van der Waals surface area (Å²) in [6, 6.07) is 5.00. The zero-order valence-corrected chi connectivity index (χ0v) is 19.9. The number of nitrogens with zero attached hydrogens (tertiary/aromatic N) is 5. The number of benzene rings is 1. The van der Waals surface area contributed by atoms with Crippen molar-refractivity contribution in [2.75, 3.05) is 53.6 Å². The van der Waals surface area contributed by atoms with Crippen LogP contribution in [0.2, 0.25) is 0 Å². The van der Waals surface area contributed by atoms with E-state index in [-0.39, 0.29) is 19.0 Å². The summed E-state index contributed by atoms with van der Waals surface area (Å²) in [7, 11) is 2.99. The third kappa shape index (κ3) is 5.42. The van der Waals surface area contributed by atoms with Gasteiger partial charge in [0, 0.05) is 46.8 Å². The lowest BCUT2D eigenvalue weighted by Crippen LogP contribution is -2.46. The molecule has 1 aromatic heterocycles. The molecule has 1 atom stereocenters. The second-order valence-electron chi connectivity index (χ2n) is 8.80. The van der Waals surface area contributed by atoms with Crippen molar-refractivity contribution in [2.24, 2.45) is 0 Å². The molecule has 0 spiro atoms. The summed E-state index contributed by atoms with van der Waals surface area (Å²) in [6.45, 7) is 2.79. The molecule has 2 aromatic rings. The van der Waals surface area contributed by atoms with Gasteiger partial charge in [0.15, 0.2) is 11.4 Å². The fourth-order valence-electron chi connectivity index (χ4n) is 4.48. The van der Waals surface area contributed by atoms with Crippen LogP contribution in [-0.4, -0.2) is 101 Å². The Bertz CT molecular complexity index is 1120. The summed E-state index contributed by atoms with van der Waals surface area (Å²) >= 11 is 0. The van der Waals surface area contributed by atoms with Crippen LogP contribution in [0.15, 0.2) is 30.6 Å². The molecule has 188 valence electrons. The average Bonchev–Trinajstić information content (AvgIpc) is 3.50. The maximum atomic E-state index is 14.9. The van der Waals surface area contributed by atoms with Crippen molar-refractivity contribution >= 4 is 17.4 Å². The van der Waals surface area contributed by atoms with E-state index in [2.05, 4.69) is 10.1 Å². The van der Waals surface area contributed by atoms with Crippen molar-refractivity contribution in [3.8, 4) is 11.4 Å². The van der Waals surface area contributed by atoms with E-state index in [9.17, 15) is 19.1 Å². The van der Waals surface area contributed by atoms with Crippen LogP contribution in [-0.2, 0) is 25.6 Å². The Morgan fingerprint density at radius 3 is 2.71 bits per heavy atom. The number of aliphatic carboxylic acids is 1. The first kappa shape index (κ1) is 25.0. The van der Waals surface area contributed by atoms with Gasteiger partial charge in [0.1, 0.15) is 12.1 Å². The minimum absolute atomic E-state index is 0.0609. The summed E-state index contributed by atoms with van der Waals surface area (Å²) in [4.78, 5) is 32.0. The SMILES string of the molecule is COCCn1cnc(-c2ccc(C3=CCN(C(=O)CN4CCC(OC)(C(=O)O)C4)CC3)cc2F)n1. The van der Waals surface area contributed by atoms with Gasteiger partial charge in [-0.3, -0.25) is 14.4 Å². The fraction of sp³-hybridized carbons (Fsp3) is 0.500. The molecule has 1 aromatic carbocycles. The van der Waals surface area contributed by atoms with E-state index < -0.39 is 17.4 Å². The second kappa shape index (κ2) is 10.6. The molecule has 2 aliphatic rings. The number of likely N-dealkylation sites (tertiary alicyclic amines) is 1. The molecule has 11 heteroatoms. The fourth-order valence-corrected chi connectivity index (χ4v) is 4.48. The zero-order valence-electron chi connectivity index (χ0n) is 19.9. The monoisotopic (exact) mass is 487 g/mol. The second-order valence-corrected chi connectivity index (χ2v) is 8.80. The topological polar surface area (TPSA) is 110 Å². The molecule has 0 saturated carbocycles. The first-order valence-electron chi connectivity index (χ1n) is 11.5. The number of hydrogen-bond donors (Lipinski definition) is 1. The Kier molecular flexibility index (Phi) is 7.58. The zero-order chi connectivity index (χ0) is 25.0. The number of rotatable bonds is 9. The average molecular weight is 488 g/mol. The Balaban J connectivity index is 1.36. The minimum atomic E-state index is -1.25. The lowest BCUT2D eigenvalue weighted by atomic mass is 9.98. The van der Waals surface area contributed by atoms with E-state index in [0.717, 1.165) is 11.1 Å². The molecule has 10 nitrogen and oxygen atoms in total. The van der Waals surface area contributed by atoms with Crippen molar-refractivity contribution in [1.82, 2.24) is 24.6 Å². The number of carbonyl (C=O) groups excluding carboxylic acids is 1. The van der Waals surface area contributed by atoms with Crippen LogP contribution >= 0.6 is 0 Å². The number of carbonyl (C=O) groups is 2. The first-order valence-corrected chi connectivity index (χ1v) is 11.5. The molecule has 3 heterocycles. The van der Waals surface area contributed by atoms with E-state index >= 15 is 0 Å². The maximum absolute atomic E-state index is 14.9. The number of halogens is 1. The van der Waals surface area contributed by atoms with Gasteiger partial charge in [-0.2, -0.15) is 5.10 Å². The number of ether oxygens (including phenoxy) is 2. The first-order chi connectivity index (χ1) is 16.8. The van der Waals surface area contributed by atoms with Gasteiger partial charge in [-0.15, -0.1) is 0 Å². The number of methoxy groups -OCH3 is 2. The third-order valence-electron chi connectivity index (χ3n) is 6.65. The molecule has 1 saturated heterocycles. The van der Waals surface area contributed by atoms with Crippen LogP contribution in [0.4, 0.5) is 4.39 Å². The Labute approximate surface area is 202 Å². The van der Waals surface area contributed by atoms with E-state index in [1.54, 1.807) is 29.1 Å². The van der Waals surface area contributed by atoms with Gasteiger partial charge in [-0.05, 0) is 29.7 Å². The molecule has 35 heavy (non-hydrogen) atoms. The number of carboxylic acid groups (broad SMARTS) is 1. The van der Waals surface area contributed by atoms with Gasteiger partial charge in [-0.25, -0.2) is 14.2 Å². The Morgan fingerprint density at radius 2 is 2.09 bits per heavy atom. The van der Waals surface area contributed by atoms with Gasteiger partial charge in [0.05, 0.1) is 25.3 Å². The summed E-state index contributed by atoms with van der Waals surface area (Å²) in [5, 5.41) is 13.7. The van der Waals surface area contributed by atoms with E-state index in [1.165, 1.54) is 13.2 Å². The number of carboxylic acids is 1. The van der Waals surface area contributed by atoms with Gasteiger partial charge in [0.25, 0.3) is 0 Å². The number of amides is 1. The van der Waals surface area contributed by atoms with Crippen molar-refractivity contribution in [1.29, 1.82) is 0 Å². The summed E-state index contributed by atoms with van der Waals surface area (Å²) < 4.78 is 26.7. The molecule has 0 radical (unpaired) electrons. The van der Waals surface area contributed by atoms with Crippen LogP contribution in [0, 0.1) is 5.82 Å². The summed E-state index contributed by atoms with van der Waals surface area (Å²) in [5.74, 6) is -1.15. The Morgan fingerprint density at radius 1 is 1.26 bits per heavy atom. The van der Waals surface area contributed by atoms with Crippen molar-refractivity contribution in [2.45, 2.75) is 25.0 Å². The predicted octanol–water partition coefficient (Wildman–Crippen LogP) is 1.52. The van der Waals surface area contributed by atoms with Crippen molar-refractivity contribution < 1.29 is 28.6 Å². The van der Waals surface area contributed by atoms with Gasteiger partial charge in [-0.1, -0.05) is 12.1 Å². The molecule has 1 N–H and O–H groups in total. The predicted molar refractivity (Wildman–Crippen MR) is 125 cm³/mol. The Hall–Kier alpha value is -3.15. The molecule has 0 bridgehead atoms. The van der Waals surface area contributed by atoms with E-state index in [1.807, 2.05) is 17.0 Å². The molecule has 1 unspecified atom stereocenters. The molecule has 1 fully saturated rings. The highest BCUT2D eigenvalue weighted by atomic mass is 19.1. The normalized spacial score (nSPS) is 20.8. The highest BCUT2D eigenvalue weighted by molar-refractivity contribution is 5.81. The van der Waals surface area contributed by atoms with Gasteiger partial charge >= 0.3 is 5.97 Å². The molecular formula is C24H30FN5O5. The van der Waals surface area contributed by atoms with Crippen LogP contribution < -0.4 is 0 Å². The molecular weight excluding hydrogens is 457 g/mol. The molecule has 0 aliphatic carbocycles. The third-order valence-corrected chi connectivity index (χ3v) is 6.65. The molecule has 2 aliphatic heterocycles. The smallest absolute Gasteiger partial charge is 0.337 e. The van der Waals surface area contributed by atoms with Crippen molar-refractivity contribution in [3.63, 3.8) is 0 Å². The summed E-state index contributed by atoms with van der Waals surface area (Å²) in [5.41, 5.74) is 0.826. The quantitative estimate of drug-likeness (QED) is 0.567. The summed E-state index contributed by atoms with van der Waals surface area (Å²) in [6.07, 6.45) is 4.44. The maximum Gasteiger partial charge on any atom is 0.337 e. The van der Waals surface area contributed by atoms with Crippen LogP contribution in [0.5, 0.6) is 0 Å². The van der Waals surface area contributed by atoms with E-state index in [0.29, 0.717) is 57.0 Å². The molecule has 4 rings (SSSR count). The van der Waals surface area contributed by atoms with Crippen LogP contribution in [0.1, 0.15) is 18.4 Å². The number of hydrogen-bond acceptors (Lipinski definition) is 7. The highest BCUT2D eigenvalue weighted by Gasteiger charge is 2.45. The number of aromatic nitrogens is 3. The van der Waals surface area contributed by atoms with Crippen molar-refractivity contribution in [3.05, 3.63) is 42.0 Å². The lowest BCUT2D eigenvalue weighted by Gasteiger charge is -2.29. The lowest BCUT2D eigenvalue weighted by molar-refractivity contribution is -0.160. The van der Waals surface area contributed by atoms with E-state index in [4.69, 9.17) is 9.47 Å².